The molecule has 0 aliphatic heterocycles. The number of aromatic nitrogens is 3. The van der Waals surface area contributed by atoms with Crippen LogP contribution in [0, 0.1) is 0 Å². The zero-order chi connectivity index (χ0) is 14.2. The summed E-state index contributed by atoms with van der Waals surface area (Å²) in [5, 5.41) is -0.264. The summed E-state index contributed by atoms with van der Waals surface area (Å²) in [6.45, 7) is 5.75. The first-order valence-electron chi connectivity index (χ1n) is 6.08. The molecule has 2 heterocycles. The van der Waals surface area contributed by atoms with Gasteiger partial charge in [-0.2, -0.15) is 0 Å². The van der Waals surface area contributed by atoms with Crippen LogP contribution in [0.3, 0.4) is 0 Å². The summed E-state index contributed by atoms with van der Waals surface area (Å²) < 4.78 is 1.98. The third-order valence-electron chi connectivity index (χ3n) is 3.05. The summed E-state index contributed by atoms with van der Waals surface area (Å²) in [5.74, 6) is 0.366. The van der Waals surface area contributed by atoms with Crippen molar-refractivity contribution in [2.45, 2.75) is 38.1 Å². The third-order valence-corrected chi connectivity index (χ3v) is 3.25. The minimum atomic E-state index is -0.486. The Morgan fingerprint density at radius 3 is 2.84 bits per heavy atom. The number of alkyl halides is 1. The van der Waals surface area contributed by atoms with Crippen molar-refractivity contribution in [3.05, 3.63) is 24.3 Å². The van der Waals surface area contributed by atoms with Gasteiger partial charge in [-0.3, -0.25) is 9.78 Å². The van der Waals surface area contributed by atoms with Crippen LogP contribution >= 0.6 is 11.6 Å². The summed E-state index contributed by atoms with van der Waals surface area (Å²) >= 11 is 6.20. The van der Waals surface area contributed by atoms with Crippen LogP contribution in [0.1, 0.15) is 38.4 Å². The van der Waals surface area contributed by atoms with Gasteiger partial charge in [-0.05, 0) is 26.8 Å². The molecule has 1 amide bonds. The highest BCUT2D eigenvalue weighted by Crippen LogP contribution is 2.32. The maximum absolute atomic E-state index is 11.3. The van der Waals surface area contributed by atoms with Crippen molar-refractivity contribution in [1.82, 2.24) is 14.5 Å². The Hall–Kier alpha value is -1.62. The Kier molecular flexibility index (Phi) is 3.49. The van der Waals surface area contributed by atoms with Gasteiger partial charge in [0.25, 0.3) is 0 Å². The number of nitrogens with two attached hydrogens (primary N) is 1. The van der Waals surface area contributed by atoms with Crippen LogP contribution in [0.2, 0.25) is 0 Å². The van der Waals surface area contributed by atoms with E-state index in [0.29, 0.717) is 0 Å². The molecule has 5 nitrogen and oxygen atoms in total. The molecule has 6 heteroatoms. The molecule has 1 atom stereocenters. The molecule has 0 aliphatic rings. The van der Waals surface area contributed by atoms with Gasteiger partial charge >= 0.3 is 0 Å². The summed E-state index contributed by atoms with van der Waals surface area (Å²) in [6, 6.07) is 1.87. The smallest absolute Gasteiger partial charge is 0.219 e. The predicted molar refractivity (Wildman–Crippen MR) is 74.9 cm³/mol. The Labute approximate surface area is 116 Å². The molecule has 2 aromatic heterocycles. The molecule has 0 spiro atoms. The van der Waals surface area contributed by atoms with Gasteiger partial charge in [-0.25, -0.2) is 4.98 Å². The van der Waals surface area contributed by atoms with Crippen LogP contribution in [0.15, 0.2) is 18.5 Å². The van der Waals surface area contributed by atoms with Gasteiger partial charge in [0.1, 0.15) is 11.3 Å². The van der Waals surface area contributed by atoms with E-state index in [1.165, 1.54) is 0 Å². The Morgan fingerprint density at radius 2 is 2.26 bits per heavy atom. The molecule has 0 saturated carbocycles. The van der Waals surface area contributed by atoms with E-state index < -0.39 is 5.54 Å². The fourth-order valence-corrected chi connectivity index (χ4v) is 2.51. The third kappa shape index (κ3) is 2.56. The molecule has 0 bridgehead atoms. The molecule has 0 aromatic carbocycles. The molecule has 2 rings (SSSR count). The van der Waals surface area contributed by atoms with Crippen molar-refractivity contribution in [3.63, 3.8) is 0 Å². The maximum Gasteiger partial charge on any atom is 0.219 e. The number of amides is 1. The SMILES string of the molecule is CC(Cl)c1nc2cnccc2n1C(C)(C)CC(N)=O. The van der Waals surface area contributed by atoms with Crippen LogP contribution in [0.25, 0.3) is 11.0 Å². The van der Waals surface area contributed by atoms with Gasteiger partial charge in [0.05, 0.1) is 17.1 Å². The summed E-state index contributed by atoms with van der Waals surface area (Å²) in [7, 11) is 0. The molecular formula is C13H17ClN4O. The van der Waals surface area contributed by atoms with E-state index in [-0.39, 0.29) is 17.7 Å². The van der Waals surface area contributed by atoms with Gasteiger partial charge in [0.2, 0.25) is 5.91 Å². The number of primary amides is 1. The first-order valence-corrected chi connectivity index (χ1v) is 6.52. The average Bonchev–Trinajstić information content (AvgIpc) is 2.66. The van der Waals surface area contributed by atoms with Crippen LogP contribution in [-0.4, -0.2) is 20.4 Å². The molecule has 102 valence electrons. The van der Waals surface area contributed by atoms with Gasteiger partial charge < -0.3 is 10.3 Å². The predicted octanol–water partition coefficient (Wildman–Crippen LogP) is 2.34. The Balaban J connectivity index is 2.68. The lowest BCUT2D eigenvalue weighted by Crippen LogP contribution is -2.33. The van der Waals surface area contributed by atoms with E-state index in [9.17, 15) is 4.79 Å². The fourth-order valence-electron chi connectivity index (χ4n) is 2.36. The van der Waals surface area contributed by atoms with E-state index in [1.807, 2.05) is 31.4 Å². The molecule has 0 radical (unpaired) electrons. The van der Waals surface area contributed by atoms with Crippen LogP contribution < -0.4 is 5.73 Å². The number of carbonyl (C=O) groups excluding carboxylic acids is 1. The van der Waals surface area contributed by atoms with E-state index in [1.54, 1.807) is 12.4 Å². The van der Waals surface area contributed by atoms with Crippen molar-refractivity contribution >= 4 is 28.5 Å². The molecule has 0 fully saturated rings. The number of imidazole rings is 1. The summed E-state index contributed by atoms with van der Waals surface area (Å²) in [5.41, 5.74) is 6.52. The molecule has 2 N–H and O–H groups in total. The zero-order valence-corrected chi connectivity index (χ0v) is 12.0. The van der Waals surface area contributed by atoms with E-state index in [0.717, 1.165) is 16.9 Å². The van der Waals surface area contributed by atoms with Crippen molar-refractivity contribution in [3.8, 4) is 0 Å². The monoisotopic (exact) mass is 280 g/mol. The minimum Gasteiger partial charge on any atom is -0.370 e. The van der Waals surface area contributed by atoms with Crippen molar-refractivity contribution < 1.29 is 4.79 Å². The highest BCUT2D eigenvalue weighted by molar-refractivity contribution is 6.20. The Bertz CT molecular complexity index is 618. The quantitative estimate of drug-likeness (QED) is 0.874. The minimum absolute atomic E-state index is 0.220. The maximum atomic E-state index is 11.3. The molecular weight excluding hydrogens is 264 g/mol. The van der Waals surface area contributed by atoms with Gasteiger partial charge in [-0.1, -0.05) is 0 Å². The summed E-state index contributed by atoms with van der Waals surface area (Å²) in [6.07, 6.45) is 3.61. The Morgan fingerprint density at radius 1 is 1.58 bits per heavy atom. The topological polar surface area (TPSA) is 73.8 Å². The lowest BCUT2D eigenvalue weighted by atomic mass is 9.99. The second-order valence-corrected chi connectivity index (χ2v) is 5.90. The van der Waals surface area contributed by atoms with Crippen molar-refractivity contribution in [2.75, 3.05) is 0 Å². The van der Waals surface area contributed by atoms with E-state index in [4.69, 9.17) is 17.3 Å². The zero-order valence-electron chi connectivity index (χ0n) is 11.2. The van der Waals surface area contributed by atoms with Gasteiger partial charge in [-0.15, -0.1) is 11.6 Å². The van der Waals surface area contributed by atoms with Crippen molar-refractivity contribution in [1.29, 1.82) is 0 Å². The molecule has 1 unspecified atom stereocenters. The molecule has 0 saturated heterocycles. The molecule has 0 aliphatic carbocycles. The van der Waals surface area contributed by atoms with Crippen LogP contribution in [-0.2, 0) is 10.3 Å². The number of carbonyl (C=O) groups is 1. The second kappa shape index (κ2) is 4.81. The first kappa shape index (κ1) is 13.8. The molecule has 2 aromatic rings. The van der Waals surface area contributed by atoms with Crippen molar-refractivity contribution in [2.24, 2.45) is 5.73 Å². The first-order chi connectivity index (χ1) is 8.83. The fraction of sp³-hybridized carbons (Fsp3) is 0.462. The second-order valence-electron chi connectivity index (χ2n) is 5.24. The standard InChI is InChI=1S/C13H17ClN4O/c1-8(14)12-17-9-7-16-5-4-10(9)18(12)13(2,3)6-11(15)19/h4-5,7-8H,6H2,1-3H3,(H2,15,19). The van der Waals surface area contributed by atoms with Crippen LogP contribution in [0.5, 0.6) is 0 Å². The van der Waals surface area contributed by atoms with E-state index >= 15 is 0 Å². The largest absolute Gasteiger partial charge is 0.370 e. The number of halogens is 1. The van der Waals surface area contributed by atoms with Gasteiger partial charge in [0.15, 0.2) is 0 Å². The molecule has 19 heavy (non-hydrogen) atoms. The highest BCUT2D eigenvalue weighted by atomic mass is 35.5. The average molecular weight is 281 g/mol. The number of nitrogens with zero attached hydrogens (tertiary/aromatic N) is 3. The van der Waals surface area contributed by atoms with Gasteiger partial charge in [0, 0.05) is 18.2 Å². The number of pyridine rings is 1. The number of hydrogen-bond acceptors (Lipinski definition) is 3. The van der Waals surface area contributed by atoms with E-state index in [2.05, 4.69) is 9.97 Å². The lowest BCUT2D eigenvalue weighted by Gasteiger charge is -2.28. The number of fused-ring (bicyclic) bond motifs is 1. The summed E-state index contributed by atoms with van der Waals surface area (Å²) in [4.78, 5) is 19.8. The number of hydrogen-bond donors (Lipinski definition) is 1. The number of rotatable bonds is 4. The normalized spacial score (nSPS) is 13.7. The highest BCUT2D eigenvalue weighted by Gasteiger charge is 2.29. The van der Waals surface area contributed by atoms with Crippen LogP contribution in [0.4, 0.5) is 0 Å². The lowest BCUT2D eigenvalue weighted by molar-refractivity contribution is -0.119.